The van der Waals surface area contributed by atoms with E-state index in [2.05, 4.69) is 39.5 Å². The summed E-state index contributed by atoms with van der Waals surface area (Å²) in [5, 5.41) is 0. The minimum absolute atomic E-state index is 0.00995. The molecule has 0 aromatic carbocycles. The van der Waals surface area contributed by atoms with Gasteiger partial charge in [-0.3, -0.25) is 9.69 Å². The van der Waals surface area contributed by atoms with E-state index in [1.54, 1.807) is 0 Å². The molecule has 3 nitrogen and oxygen atoms in total. The fourth-order valence-corrected chi connectivity index (χ4v) is 2.28. The van der Waals surface area contributed by atoms with Crippen molar-refractivity contribution < 1.29 is 4.79 Å². The Labute approximate surface area is 93.4 Å². The van der Waals surface area contributed by atoms with Crippen LogP contribution in [0.5, 0.6) is 0 Å². The summed E-state index contributed by atoms with van der Waals surface area (Å²) in [7, 11) is 1.90. The predicted octanol–water partition coefficient (Wildman–Crippen LogP) is 1.58. The van der Waals surface area contributed by atoms with Gasteiger partial charge in [0.05, 0.1) is 6.04 Å². The number of hydrogen-bond donors (Lipinski definition) is 0. The molecule has 1 atom stereocenters. The molecule has 0 N–H and O–H groups in total. The molecule has 1 heterocycles. The molecule has 0 unspecified atom stereocenters. The third-order valence-corrected chi connectivity index (χ3v) is 3.12. The second-order valence-corrected chi connectivity index (χ2v) is 5.86. The van der Waals surface area contributed by atoms with Gasteiger partial charge in [0.1, 0.15) is 0 Å². The number of carbonyl (C=O) groups is 1. The highest BCUT2D eigenvalue weighted by Crippen LogP contribution is 2.29. The molecule has 0 radical (unpaired) electrons. The zero-order valence-electron chi connectivity index (χ0n) is 10.9. The first kappa shape index (κ1) is 12.5. The lowest BCUT2D eigenvalue weighted by atomic mass is 9.83. The fourth-order valence-electron chi connectivity index (χ4n) is 2.28. The highest BCUT2D eigenvalue weighted by Gasteiger charge is 2.41. The normalized spacial score (nSPS) is 25.1. The van der Waals surface area contributed by atoms with E-state index in [-0.39, 0.29) is 17.4 Å². The molecule has 88 valence electrons. The Morgan fingerprint density at radius 3 is 2.20 bits per heavy atom. The van der Waals surface area contributed by atoms with Crippen LogP contribution < -0.4 is 0 Å². The first-order valence-electron chi connectivity index (χ1n) is 5.76. The number of likely N-dealkylation sites (N-methyl/N-ethyl adjacent to an activating group) is 1. The SMILES string of the molecule is CC(C)N1CCN(C)C(=O)[C@@H]1C(C)(C)C. The molecule has 1 saturated heterocycles. The first-order valence-corrected chi connectivity index (χ1v) is 5.76. The lowest BCUT2D eigenvalue weighted by Gasteiger charge is -2.47. The third-order valence-electron chi connectivity index (χ3n) is 3.12. The average Bonchev–Trinajstić information content (AvgIpc) is 2.06. The summed E-state index contributed by atoms with van der Waals surface area (Å²) in [4.78, 5) is 16.3. The van der Waals surface area contributed by atoms with Crippen molar-refractivity contribution in [2.75, 3.05) is 20.1 Å². The van der Waals surface area contributed by atoms with Crippen LogP contribution in [0.1, 0.15) is 34.6 Å². The second kappa shape index (κ2) is 4.12. The Morgan fingerprint density at radius 2 is 1.80 bits per heavy atom. The molecular weight excluding hydrogens is 188 g/mol. The lowest BCUT2D eigenvalue weighted by molar-refractivity contribution is -0.146. The van der Waals surface area contributed by atoms with Crippen LogP contribution in [0.3, 0.4) is 0 Å². The zero-order valence-corrected chi connectivity index (χ0v) is 10.9. The third kappa shape index (κ3) is 2.51. The molecule has 3 heteroatoms. The van der Waals surface area contributed by atoms with Crippen molar-refractivity contribution in [1.29, 1.82) is 0 Å². The number of amides is 1. The van der Waals surface area contributed by atoms with E-state index in [1.807, 2.05) is 11.9 Å². The van der Waals surface area contributed by atoms with Crippen molar-refractivity contribution in [3.63, 3.8) is 0 Å². The zero-order chi connectivity index (χ0) is 11.8. The predicted molar refractivity (Wildman–Crippen MR) is 62.7 cm³/mol. The van der Waals surface area contributed by atoms with Gasteiger partial charge in [-0.1, -0.05) is 20.8 Å². The summed E-state index contributed by atoms with van der Waals surface area (Å²) in [6.45, 7) is 12.6. The van der Waals surface area contributed by atoms with Crippen molar-refractivity contribution in [3.8, 4) is 0 Å². The molecular formula is C12H24N2O. The summed E-state index contributed by atoms with van der Waals surface area (Å²) in [6, 6.07) is 0.461. The highest BCUT2D eigenvalue weighted by molar-refractivity contribution is 5.83. The molecule has 0 aromatic heterocycles. The van der Waals surface area contributed by atoms with Gasteiger partial charge in [-0.25, -0.2) is 0 Å². The summed E-state index contributed by atoms with van der Waals surface area (Å²) in [5.74, 6) is 0.266. The number of hydrogen-bond acceptors (Lipinski definition) is 2. The van der Waals surface area contributed by atoms with E-state index in [4.69, 9.17) is 0 Å². The Bertz CT molecular complexity index is 242. The molecule has 1 rings (SSSR count). The van der Waals surface area contributed by atoms with E-state index in [1.165, 1.54) is 0 Å². The van der Waals surface area contributed by atoms with Crippen LogP contribution in [0.25, 0.3) is 0 Å². The maximum Gasteiger partial charge on any atom is 0.240 e. The Hall–Kier alpha value is -0.570. The van der Waals surface area contributed by atoms with E-state index >= 15 is 0 Å². The van der Waals surface area contributed by atoms with Gasteiger partial charge in [-0.05, 0) is 19.3 Å². The number of nitrogens with zero attached hydrogens (tertiary/aromatic N) is 2. The van der Waals surface area contributed by atoms with Crippen LogP contribution in [0.2, 0.25) is 0 Å². The molecule has 15 heavy (non-hydrogen) atoms. The van der Waals surface area contributed by atoms with Crippen LogP contribution in [0.15, 0.2) is 0 Å². The van der Waals surface area contributed by atoms with Crippen molar-refractivity contribution in [1.82, 2.24) is 9.80 Å². The monoisotopic (exact) mass is 212 g/mol. The topological polar surface area (TPSA) is 23.6 Å². The Morgan fingerprint density at radius 1 is 1.27 bits per heavy atom. The van der Waals surface area contributed by atoms with Gasteiger partial charge in [-0.15, -0.1) is 0 Å². The average molecular weight is 212 g/mol. The number of piperazine rings is 1. The van der Waals surface area contributed by atoms with Crippen LogP contribution in [0.4, 0.5) is 0 Å². The number of rotatable bonds is 1. The van der Waals surface area contributed by atoms with Gasteiger partial charge < -0.3 is 4.90 Å². The summed E-state index contributed by atoms with van der Waals surface area (Å²) >= 11 is 0. The molecule has 0 bridgehead atoms. The largest absolute Gasteiger partial charge is 0.343 e. The van der Waals surface area contributed by atoms with Crippen LogP contribution in [-0.4, -0.2) is 47.9 Å². The van der Waals surface area contributed by atoms with Gasteiger partial charge >= 0.3 is 0 Å². The van der Waals surface area contributed by atoms with Gasteiger partial charge in [-0.2, -0.15) is 0 Å². The molecule has 0 aromatic rings. The summed E-state index contributed by atoms with van der Waals surface area (Å²) in [6.07, 6.45) is 0. The van der Waals surface area contributed by atoms with Crippen LogP contribution in [0, 0.1) is 5.41 Å². The highest BCUT2D eigenvalue weighted by atomic mass is 16.2. The molecule has 1 amide bonds. The van der Waals surface area contributed by atoms with Crippen molar-refractivity contribution in [3.05, 3.63) is 0 Å². The van der Waals surface area contributed by atoms with Crippen molar-refractivity contribution >= 4 is 5.91 Å². The quantitative estimate of drug-likeness (QED) is 0.659. The molecule has 0 saturated carbocycles. The Kier molecular flexibility index (Phi) is 3.44. The van der Waals surface area contributed by atoms with E-state index in [9.17, 15) is 4.79 Å². The summed E-state index contributed by atoms with van der Waals surface area (Å²) in [5.41, 5.74) is 0.00995. The lowest BCUT2D eigenvalue weighted by Crippen LogP contribution is -2.62. The number of carbonyl (C=O) groups excluding carboxylic acids is 1. The Balaban J connectivity index is 2.95. The maximum absolute atomic E-state index is 12.2. The van der Waals surface area contributed by atoms with E-state index in [0.29, 0.717) is 6.04 Å². The van der Waals surface area contributed by atoms with Gasteiger partial charge in [0.2, 0.25) is 5.91 Å². The molecule has 0 aliphatic carbocycles. The molecule has 1 fully saturated rings. The van der Waals surface area contributed by atoms with Crippen molar-refractivity contribution in [2.24, 2.45) is 5.41 Å². The molecule has 1 aliphatic heterocycles. The van der Waals surface area contributed by atoms with Crippen molar-refractivity contribution in [2.45, 2.75) is 46.7 Å². The van der Waals surface area contributed by atoms with Gasteiger partial charge in [0, 0.05) is 26.2 Å². The fraction of sp³-hybridized carbons (Fsp3) is 0.917. The second-order valence-electron chi connectivity index (χ2n) is 5.86. The molecule has 1 aliphatic rings. The smallest absolute Gasteiger partial charge is 0.240 e. The van der Waals surface area contributed by atoms with E-state index < -0.39 is 0 Å². The minimum atomic E-state index is 0.00995. The standard InChI is InChI=1S/C12H24N2O/c1-9(2)14-8-7-13(6)11(15)10(14)12(3,4)5/h9-10H,7-8H2,1-6H3/t10-/m1/s1. The molecule has 0 spiro atoms. The van der Waals surface area contributed by atoms with Gasteiger partial charge in [0.25, 0.3) is 0 Å². The maximum atomic E-state index is 12.2. The van der Waals surface area contributed by atoms with Gasteiger partial charge in [0.15, 0.2) is 0 Å². The van der Waals surface area contributed by atoms with Crippen LogP contribution in [-0.2, 0) is 4.79 Å². The first-order chi connectivity index (χ1) is 6.75. The van der Waals surface area contributed by atoms with Crippen LogP contribution >= 0.6 is 0 Å². The summed E-state index contributed by atoms with van der Waals surface area (Å²) < 4.78 is 0. The van der Waals surface area contributed by atoms with E-state index in [0.717, 1.165) is 13.1 Å². The minimum Gasteiger partial charge on any atom is -0.343 e.